The van der Waals surface area contributed by atoms with Gasteiger partial charge < -0.3 is 5.32 Å². The maximum atomic E-state index is 3.85. The van der Waals surface area contributed by atoms with Crippen LogP contribution in [-0.4, -0.2) is 12.1 Å². The van der Waals surface area contributed by atoms with Crippen molar-refractivity contribution < 1.29 is 0 Å². The van der Waals surface area contributed by atoms with Crippen molar-refractivity contribution in [2.24, 2.45) is 17.3 Å². The Morgan fingerprint density at radius 1 is 1.14 bits per heavy atom. The Kier molecular flexibility index (Phi) is 2.63. The molecule has 0 aromatic carbocycles. The molecule has 2 aliphatic rings. The molecule has 2 aliphatic carbocycles. The van der Waals surface area contributed by atoms with E-state index in [0.29, 0.717) is 5.41 Å². The molecule has 1 nitrogen and oxygen atoms in total. The second-order valence-corrected chi connectivity index (χ2v) is 6.41. The predicted molar refractivity (Wildman–Crippen MR) is 61.3 cm³/mol. The molecule has 0 aromatic rings. The van der Waals surface area contributed by atoms with Gasteiger partial charge in [-0.05, 0) is 42.9 Å². The molecule has 0 heterocycles. The van der Waals surface area contributed by atoms with Crippen LogP contribution >= 0.6 is 0 Å². The fourth-order valence-electron chi connectivity index (χ4n) is 2.92. The van der Waals surface area contributed by atoms with Gasteiger partial charge in [0.05, 0.1) is 0 Å². The van der Waals surface area contributed by atoms with Crippen LogP contribution < -0.4 is 5.32 Å². The van der Waals surface area contributed by atoms with Gasteiger partial charge in [0.25, 0.3) is 0 Å². The van der Waals surface area contributed by atoms with Gasteiger partial charge in [0.15, 0.2) is 0 Å². The highest BCUT2D eigenvalue weighted by Crippen LogP contribution is 2.45. The summed E-state index contributed by atoms with van der Waals surface area (Å²) in [5.41, 5.74) is 0.586. The first-order valence-electron chi connectivity index (χ1n) is 6.25. The van der Waals surface area contributed by atoms with Crippen molar-refractivity contribution in [3.63, 3.8) is 0 Å². The van der Waals surface area contributed by atoms with E-state index in [4.69, 9.17) is 0 Å². The highest BCUT2D eigenvalue weighted by Gasteiger charge is 2.46. The fourth-order valence-corrected chi connectivity index (χ4v) is 2.92. The van der Waals surface area contributed by atoms with E-state index < -0.39 is 0 Å². The Labute approximate surface area is 88.7 Å². The van der Waals surface area contributed by atoms with Crippen LogP contribution in [0, 0.1) is 17.3 Å². The molecule has 2 saturated carbocycles. The van der Waals surface area contributed by atoms with E-state index in [1.54, 1.807) is 0 Å². The van der Waals surface area contributed by atoms with Crippen molar-refractivity contribution in [3.8, 4) is 0 Å². The standard InChI is InChI=1S/C13H25N/c1-9-5-6-11(10(2)7-9)14-12-8-13(12,3)4/h9-12,14H,5-8H2,1-4H3. The van der Waals surface area contributed by atoms with E-state index in [9.17, 15) is 0 Å². The maximum absolute atomic E-state index is 3.85. The van der Waals surface area contributed by atoms with Gasteiger partial charge in [0.2, 0.25) is 0 Å². The minimum absolute atomic E-state index is 0.586. The molecule has 4 unspecified atom stereocenters. The zero-order chi connectivity index (χ0) is 10.3. The Morgan fingerprint density at radius 3 is 2.29 bits per heavy atom. The lowest BCUT2D eigenvalue weighted by atomic mass is 9.80. The van der Waals surface area contributed by atoms with Crippen molar-refractivity contribution in [1.29, 1.82) is 0 Å². The molecular formula is C13H25N. The van der Waals surface area contributed by atoms with Crippen LogP contribution in [0.5, 0.6) is 0 Å². The van der Waals surface area contributed by atoms with Crippen LogP contribution in [0.1, 0.15) is 53.4 Å². The number of hydrogen-bond donors (Lipinski definition) is 1. The molecule has 0 aromatic heterocycles. The highest BCUT2D eigenvalue weighted by atomic mass is 15.0. The summed E-state index contributed by atoms with van der Waals surface area (Å²) in [4.78, 5) is 0. The van der Waals surface area contributed by atoms with Gasteiger partial charge in [-0.1, -0.05) is 27.7 Å². The predicted octanol–water partition coefficient (Wildman–Crippen LogP) is 3.20. The SMILES string of the molecule is CC1CCC(NC2CC2(C)C)C(C)C1. The molecule has 82 valence electrons. The fraction of sp³-hybridized carbons (Fsp3) is 1.00. The van der Waals surface area contributed by atoms with Crippen LogP contribution in [0.15, 0.2) is 0 Å². The zero-order valence-corrected chi connectivity index (χ0v) is 10.1. The minimum atomic E-state index is 0.586. The second kappa shape index (κ2) is 3.52. The van der Waals surface area contributed by atoms with Crippen LogP contribution in [-0.2, 0) is 0 Å². The van der Waals surface area contributed by atoms with Gasteiger partial charge in [0.1, 0.15) is 0 Å². The van der Waals surface area contributed by atoms with Crippen LogP contribution in [0.3, 0.4) is 0 Å². The maximum Gasteiger partial charge on any atom is 0.0127 e. The van der Waals surface area contributed by atoms with E-state index in [0.717, 1.165) is 23.9 Å². The van der Waals surface area contributed by atoms with E-state index in [-0.39, 0.29) is 0 Å². The molecular weight excluding hydrogens is 170 g/mol. The Morgan fingerprint density at radius 2 is 1.79 bits per heavy atom. The third-order valence-electron chi connectivity index (χ3n) is 4.36. The van der Waals surface area contributed by atoms with E-state index in [2.05, 4.69) is 33.0 Å². The number of hydrogen-bond acceptors (Lipinski definition) is 1. The molecule has 0 spiro atoms. The summed E-state index contributed by atoms with van der Waals surface area (Å²) >= 11 is 0. The van der Waals surface area contributed by atoms with Crippen LogP contribution in [0.2, 0.25) is 0 Å². The summed E-state index contributed by atoms with van der Waals surface area (Å²) in [7, 11) is 0. The normalized spacial score (nSPS) is 46.3. The highest BCUT2D eigenvalue weighted by molar-refractivity contribution is 5.03. The monoisotopic (exact) mass is 195 g/mol. The van der Waals surface area contributed by atoms with Gasteiger partial charge in [-0.25, -0.2) is 0 Å². The second-order valence-electron chi connectivity index (χ2n) is 6.41. The lowest BCUT2D eigenvalue weighted by molar-refractivity contribution is 0.222. The Bertz CT molecular complexity index is 209. The average molecular weight is 195 g/mol. The van der Waals surface area contributed by atoms with Crippen LogP contribution in [0.25, 0.3) is 0 Å². The first kappa shape index (κ1) is 10.5. The molecule has 1 heteroatoms. The van der Waals surface area contributed by atoms with Gasteiger partial charge >= 0.3 is 0 Å². The molecule has 0 saturated heterocycles. The molecule has 1 N–H and O–H groups in total. The Balaban J connectivity index is 1.81. The average Bonchev–Trinajstić information content (AvgIpc) is 2.65. The minimum Gasteiger partial charge on any atom is -0.310 e. The molecule has 4 atom stereocenters. The first-order valence-corrected chi connectivity index (χ1v) is 6.25. The largest absolute Gasteiger partial charge is 0.310 e. The van der Waals surface area contributed by atoms with Crippen molar-refractivity contribution in [1.82, 2.24) is 5.32 Å². The number of nitrogens with one attached hydrogen (secondary N) is 1. The molecule has 2 rings (SSSR count). The van der Waals surface area contributed by atoms with Crippen molar-refractivity contribution in [2.45, 2.75) is 65.5 Å². The summed E-state index contributed by atoms with van der Waals surface area (Å²) in [5.74, 6) is 1.84. The van der Waals surface area contributed by atoms with Crippen LogP contribution in [0.4, 0.5) is 0 Å². The Hall–Kier alpha value is -0.0400. The molecule has 14 heavy (non-hydrogen) atoms. The smallest absolute Gasteiger partial charge is 0.0127 e. The molecule has 0 bridgehead atoms. The lowest BCUT2D eigenvalue weighted by Gasteiger charge is -2.33. The summed E-state index contributed by atoms with van der Waals surface area (Å²) in [6.07, 6.45) is 5.63. The third kappa shape index (κ3) is 2.13. The summed E-state index contributed by atoms with van der Waals surface area (Å²) < 4.78 is 0. The van der Waals surface area contributed by atoms with Crippen molar-refractivity contribution in [3.05, 3.63) is 0 Å². The van der Waals surface area contributed by atoms with Crippen molar-refractivity contribution in [2.75, 3.05) is 0 Å². The van der Waals surface area contributed by atoms with E-state index >= 15 is 0 Å². The topological polar surface area (TPSA) is 12.0 Å². The zero-order valence-electron chi connectivity index (χ0n) is 10.1. The van der Waals surface area contributed by atoms with E-state index in [1.807, 2.05) is 0 Å². The first-order chi connectivity index (χ1) is 6.49. The summed E-state index contributed by atoms with van der Waals surface area (Å²) in [6, 6.07) is 1.61. The van der Waals surface area contributed by atoms with Gasteiger partial charge in [-0.2, -0.15) is 0 Å². The van der Waals surface area contributed by atoms with Crippen molar-refractivity contribution >= 4 is 0 Å². The third-order valence-corrected chi connectivity index (χ3v) is 4.36. The van der Waals surface area contributed by atoms with Gasteiger partial charge in [-0.3, -0.25) is 0 Å². The lowest BCUT2D eigenvalue weighted by Crippen LogP contribution is -2.41. The van der Waals surface area contributed by atoms with Gasteiger partial charge in [0, 0.05) is 12.1 Å². The quantitative estimate of drug-likeness (QED) is 0.713. The van der Waals surface area contributed by atoms with E-state index in [1.165, 1.54) is 25.7 Å². The molecule has 0 aliphatic heterocycles. The summed E-state index contributed by atoms with van der Waals surface area (Å²) in [5, 5.41) is 3.85. The molecule has 0 amide bonds. The van der Waals surface area contributed by atoms with Gasteiger partial charge in [-0.15, -0.1) is 0 Å². The number of rotatable bonds is 2. The molecule has 2 fully saturated rings. The molecule has 0 radical (unpaired) electrons. The summed E-state index contributed by atoms with van der Waals surface area (Å²) in [6.45, 7) is 9.57.